The van der Waals surface area contributed by atoms with Crippen molar-refractivity contribution in [2.45, 2.75) is 64.3 Å². The van der Waals surface area contributed by atoms with E-state index in [9.17, 15) is 18.0 Å². The number of fused-ring (bicyclic) bond motifs is 1. The number of benzene rings is 1. The highest BCUT2D eigenvalue weighted by Crippen LogP contribution is 2.30. The van der Waals surface area contributed by atoms with Crippen molar-refractivity contribution in [1.82, 2.24) is 9.62 Å². The van der Waals surface area contributed by atoms with Crippen molar-refractivity contribution >= 4 is 21.8 Å². The lowest BCUT2D eigenvalue weighted by molar-refractivity contribution is -0.123. The van der Waals surface area contributed by atoms with Gasteiger partial charge in [0.1, 0.15) is 4.90 Å². The van der Waals surface area contributed by atoms with Crippen LogP contribution in [-0.4, -0.2) is 36.6 Å². The summed E-state index contributed by atoms with van der Waals surface area (Å²) < 4.78 is 25.8. The van der Waals surface area contributed by atoms with E-state index in [1.165, 1.54) is 12.1 Å². The maximum absolute atomic E-state index is 12.5. The molecule has 0 aromatic heterocycles. The molecule has 6 nitrogen and oxygen atoms in total. The van der Waals surface area contributed by atoms with E-state index in [1.807, 2.05) is 13.8 Å². The van der Waals surface area contributed by atoms with Crippen LogP contribution in [0.25, 0.3) is 0 Å². The normalized spacial score (nSPS) is 16.5. The number of sulfonamides is 1. The van der Waals surface area contributed by atoms with E-state index in [-0.39, 0.29) is 46.7 Å². The summed E-state index contributed by atoms with van der Waals surface area (Å²) in [5.41, 5.74) is -0.0667. The predicted octanol–water partition coefficient (Wildman–Crippen LogP) is 2.94. The van der Waals surface area contributed by atoms with E-state index in [0.717, 1.165) is 10.7 Å². The average Bonchev–Trinajstić information content (AvgIpc) is 2.65. The van der Waals surface area contributed by atoms with Crippen LogP contribution in [0.15, 0.2) is 29.2 Å². The van der Waals surface area contributed by atoms with Crippen LogP contribution < -0.4 is 5.32 Å². The third-order valence-electron chi connectivity index (χ3n) is 4.13. The molecule has 0 saturated heterocycles. The summed E-state index contributed by atoms with van der Waals surface area (Å²) in [6.07, 6.45) is 1.28. The Hall–Kier alpha value is -1.89. The fraction of sp³-hybridized carbons (Fsp3) is 0.579. The van der Waals surface area contributed by atoms with Crippen molar-refractivity contribution < 1.29 is 18.0 Å². The number of nitrogens with zero attached hydrogens (tertiary/aromatic N) is 1. The monoisotopic (exact) mass is 380 g/mol. The summed E-state index contributed by atoms with van der Waals surface area (Å²) in [6, 6.07) is 6.18. The van der Waals surface area contributed by atoms with Crippen LogP contribution in [0.4, 0.5) is 0 Å². The molecule has 1 N–H and O–H groups in total. The SMILES string of the molecule is CC(C)(C)CC(C)(C)NC(=O)CCCN1C(=O)c2ccccc2S1(=O)=O. The molecule has 0 unspecified atom stereocenters. The fourth-order valence-corrected chi connectivity index (χ4v) is 5.25. The van der Waals surface area contributed by atoms with E-state index >= 15 is 0 Å². The Morgan fingerprint density at radius 3 is 2.31 bits per heavy atom. The fourth-order valence-electron chi connectivity index (χ4n) is 3.65. The van der Waals surface area contributed by atoms with Gasteiger partial charge < -0.3 is 5.32 Å². The highest BCUT2D eigenvalue weighted by atomic mass is 32.2. The van der Waals surface area contributed by atoms with Crippen molar-refractivity contribution in [1.29, 1.82) is 0 Å². The molecule has 144 valence electrons. The minimum atomic E-state index is -3.80. The molecule has 1 aliphatic rings. The van der Waals surface area contributed by atoms with Gasteiger partial charge in [-0.2, -0.15) is 0 Å². The zero-order valence-corrected chi connectivity index (χ0v) is 16.9. The van der Waals surface area contributed by atoms with Crippen molar-refractivity contribution in [3.63, 3.8) is 0 Å². The molecule has 1 aliphatic heterocycles. The number of carbonyl (C=O) groups is 2. The molecule has 2 rings (SSSR count). The average molecular weight is 381 g/mol. The zero-order chi connectivity index (χ0) is 19.8. The van der Waals surface area contributed by atoms with Crippen LogP contribution >= 0.6 is 0 Å². The minimum Gasteiger partial charge on any atom is -0.351 e. The molecule has 26 heavy (non-hydrogen) atoms. The van der Waals surface area contributed by atoms with Crippen LogP contribution in [0, 0.1) is 5.41 Å². The molecule has 2 amide bonds. The molecule has 0 atom stereocenters. The lowest BCUT2D eigenvalue weighted by Crippen LogP contribution is -2.46. The van der Waals surface area contributed by atoms with Gasteiger partial charge in [0.2, 0.25) is 5.91 Å². The number of hydrogen-bond acceptors (Lipinski definition) is 4. The van der Waals surface area contributed by atoms with Crippen molar-refractivity contribution in [3.8, 4) is 0 Å². The first-order chi connectivity index (χ1) is 11.8. The molecule has 1 aromatic carbocycles. The van der Waals surface area contributed by atoms with Crippen LogP contribution in [0.5, 0.6) is 0 Å². The van der Waals surface area contributed by atoms with Gasteiger partial charge in [0.15, 0.2) is 0 Å². The summed E-state index contributed by atoms with van der Waals surface area (Å²) in [5.74, 6) is -0.658. The summed E-state index contributed by atoms with van der Waals surface area (Å²) in [4.78, 5) is 24.6. The van der Waals surface area contributed by atoms with Gasteiger partial charge in [-0.25, -0.2) is 12.7 Å². The second kappa shape index (κ2) is 7.02. The molecule has 1 heterocycles. The molecular formula is C19H28N2O4S. The van der Waals surface area contributed by atoms with E-state index in [2.05, 4.69) is 26.1 Å². The number of carbonyl (C=O) groups excluding carboxylic acids is 2. The number of amides is 2. The molecule has 0 bridgehead atoms. The third kappa shape index (κ3) is 4.63. The van der Waals surface area contributed by atoms with E-state index in [0.29, 0.717) is 0 Å². The smallest absolute Gasteiger partial charge is 0.269 e. The number of hydrogen-bond donors (Lipinski definition) is 1. The molecule has 0 radical (unpaired) electrons. The van der Waals surface area contributed by atoms with Crippen molar-refractivity contribution in [2.75, 3.05) is 6.54 Å². The Labute approximate surface area is 156 Å². The van der Waals surface area contributed by atoms with Gasteiger partial charge in [-0.1, -0.05) is 32.9 Å². The van der Waals surface area contributed by atoms with Crippen LogP contribution in [0.1, 0.15) is 64.2 Å². The highest BCUT2D eigenvalue weighted by molar-refractivity contribution is 7.90. The van der Waals surface area contributed by atoms with Gasteiger partial charge in [0.05, 0.1) is 5.56 Å². The van der Waals surface area contributed by atoms with Gasteiger partial charge >= 0.3 is 0 Å². The maximum Gasteiger partial charge on any atom is 0.269 e. The van der Waals surface area contributed by atoms with Crippen molar-refractivity contribution in [3.05, 3.63) is 29.8 Å². The van der Waals surface area contributed by atoms with Gasteiger partial charge in [-0.15, -0.1) is 0 Å². The number of nitrogens with one attached hydrogen (secondary N) is 1. The van der Waals surface area contributed by atoms with Crippen molar-refractivity contribution in [2.24, 2.45) is 5.41 Å². The Morgan fingerprint density at radius 2 is 1.73 bits per heavy atom. The lowest BCUT2D eigenvalue weighted by Gasteiger charge is -2.33. The molecule has 0 spiro atoms. The standard InChI is InChI=1S/C19H28N2O4S/c1-18(2,3)13-19(4,5)20-16(22)11-8-12-21-17(23)14-9-6-7-10-15(14)26(21,24)25/h6-7,9-10H,8,11-13H2,1-5H3,(H,20,22). The molecule has 7 heteroatoms. The largest absolute Gasteiger partial charge is 0.351 e. The quantitative estimate of drug-likeness (QED) is 0.822. The predicted molar refractivity (Wildman–Crippen MR) is 100 cm³/mol. The number of rotatable bonds is 6. The van der Waals surface area contributed by atoms with Gasteiger partial charge in [-0.05, 0) is 44.2 Å². The minimum absolute atomic E-state index is 0.00294. The second-order valence-electron chi connectivity index (χ2n) is 8.65. The summed E-state index contributed by atoms with van der Waals surface area (Å²) in [7, 11) is -3.80. The molecule has 0 fully saturated rings. The first kappa shape index (κ1) is 20.4. The first-order valence-electron chi connectivity index (χ1n) is 8.81. The molecule has 0 saturated carbocycles. The van der Waals surface area contributed by atoms with Crippen LogP contribution in [0.2, 0.25) is 0 Å². The molecule has 0 aliphatic carbocycles. The topological polar surface area (TPSA) is 83.6 Å². The lowest BCUT2D eigenvalue weighted by atomic mass is 9.82. The van der Waals surface area contributed by atoms with E-state index in [1.54, 1.807) is 12.1 Å². The van der Waals surface area contributed by atoms with Crippen LogP contribution in [-0.2, 0) is 14.8 Å². The summed E-state index contributed by atoms with van der Waals surface area (Å²) in [5, 5.41) is 3.00. The third-order valence-corrected chi connectivity index (χ3v) is 5.97. The Morgan fingerprint density at radius 1 is 1.12 bits per heavy atom. The molecular weight excluding hydrogens is 352 g/mol. The maximum atomic E-state index is 12.5. The zero-order valence-electron chi connectivity index (χ0n) is 16.1. The molecule has 1 aromatic rings. The van der Waals surface area contributed by atoms with E-state index in [4.69, 9.17) is 0 Å². The first-order valence-corrected chi connectivity index (χ1v) is 10.2. The Kier molecular flexibility index (Phi) is 5.52. The van der Waals surface area contributed by atoms with E-state index < -0.39 is 15.9 Å². The Bertz CT molecular complexity index is 807. The summed E-state index contributed by atoms with van der Waals surface area (Å²) in [6.45, 7) is 10.3. The second-order valence-corrected chi connectivity index (χ2v) is 10.5. The van der Waals surface area contributed by atoms with Crippen LogP contribution in [0.3, 0.4) is 0 Å². The van der Waals surface area contributed by atoms with Gasteiger partial charge in [0.25, 0.3) is 15.9 Å². The summed E-state index contributed by atoms with van der Waals surface area (Å²) >= 11 is 0. The highest BCUT2D eigenvalue weighted by Gasteiger charge is 2.40. The van der Waals surface area contributed by atoms with Gasteiger partial charge in [-0.3, -0.25) is 9.59 Å². The van der Waals surface area contributed by atoms with Gasteiger partial charge in [0, 0.05) is 18.5 Å². The Balaban J connectivity index is 1.93.